The minimum atomic E-state index is -0.489. The summed E-state index contributed by atoms with van der Waals surface area (Å²) in [6, 6.07) is 7.84. The van der Waals surface area contributed by atoms with Crippen molar-refractivity contribution in [2.45, 2.75) is 38.8 Å². The molecule has 22 heavy (non-hydrogen) atoms. The van der Waals surface area contributed by atoms with E-state index in [1.807, 2.05) is 31.2 Å². The van der Waals surface area contributed by atoms with Crippen molar-refractivity contribution in [3.63, 3.8) is 0 Å². The van der Waals surface area contributed by atoms with Crippen molar-refractivity contribution in [3.8, 4) is 5.75 Å². The van der Waals surface area contributed by atoms with Crippen LogP contribution >= 0.6 is 0 Å². The molecule has 1 aromatic rings. The van der Waals surface area contributed by atoms with E-state index in [1.165, 1.54) is 0 Å². The van der Waals surface area contributed by atoms with Gasteiger partial charge in [0.1, 0.15) is 11.9 Å². The molecule has 0 aromatic heterocycles. The van der Waals surface area contributed by atoms with Crippen molar-refractivity contribution in [3.05, 3.63) is 29.8 Å². The molecule has 122 valence electrons. The van der Waals surface area contributed by atoms with E-state index in [-0.39, 0.29) is 11.9 Å². The molecule has 0 fully saturated rings. The quantitative estimate of drug-likeness (QED) is 0.786. The van der Waals surface area contributed by atoms with Gasteiger partial charge in [0.05, 0.1) is 25.9 Å². The van der Waals surface area contributed by atoms with Crippen LogP contribution in [0.3, 0.4) is 0 Å². The average molecular weight is 307 g/mol. The van der Waals surface area contributed by atoms with E-state index in [1.54, 1.807) is 6.92 Å². The zero-order valence-electron chi connectivity index (χ0n) is 13.3. The molecule has 0 aliphatic carbocycles. The lowest BCUT2D eigenvalue weighted by molar-refractivity contribution is -0.133. The second-order valence-corrected chi connectivity index (χ2v) is 5.30. The predicted octanol–water partition coefficient (Wildman–Crippen LogP) is 2.46. The summed E-state index contributed by atoms with van der Waals surface area (Å²) in [7, 11) is 0. The first kappa shape index (κ1) is 16.8. The Morgan fingerprint density at radius 2 is 2.23 bits per heavy atom. The monoisotopic (exact) mass is 307 g/mol. The summed E-state index contributed by atoms with van der Waals surface area (Å²) in [6.45, 7) is 5.97. The molecule has 2 rings (SSSR count). The summed E-state index contributed by atoms with van der Waals surface area (Å²) < 4.78 is 16.4. The van der Waals surface area contributed by atoms with Gasteiger partial charge in [0.15, 0.2) is 0 Å². The predicted molar refractivity (Wildman–Crippen MR) is 84.0 cm³/mol. The van der Waals surface area contributed by atoms with Crippen LogP contribution < -0.4 is 10.1 Å². The van der Waals surface area contributed by atoms with Gasteiger partial charge in [-0.25, -0.2) is 0 Å². The van der Waals surface area contributed by atoms with Gasteiger partial charge in [-0.05, 0) is 32.8 Å². The fourth-order valence-corrected chi connectivity index (χ4v) is 2.47. The van der Waals surface area contributed by atoms with Gasteiger partial charge < -0.3 is 19.5 Å². The molecule has 1 aliphatic rings. The number of amides is 1. The molecule has 1 N–H and O–H groups in total. The van der Waals surface area contributed by atoms with Crippen LogP contribution in [0.5, 0.6) is 5.75 Å². The lowest BCUT2D eigenvalue weighted by atomic mass is 10.0. The Labute approximate surface area is 131 Å². The van der Waals surface area contributed by atoms with Gasteiger partial charge in [0.2, 0.25) is 5.91 Å². The molecule has 0 bridgehead atoms. The highest BCUT2D eigenvalue weighted by molar-refractivity contribution is 5.80. The maximum Gasteiger partial charge on any atom is 0.249 e. The minimum absolute atomic E-state index is 0.0239. The number of hydrogen-bond donors (Lipinski definition) is 1. The number of carbonyl (C=O) groups excluding carboxylic acids is 1. The van der Waals surface area contributed by atoms with Crippen LogP contribution in [0, 0.1) is 0 Å². The fourth-order valence-electron chi connectivity index (χ4n) is 2.47. The van der Waals surface area contributed by atoms with Crippen LogP contribution in [0.25, 0.3) is 0 Å². The van der Waals surface area contributed by atoms with Crippen LogP contribution in [0.1, 0.15) is 38.3 Å². The van der Waals surface area contributed by atoms with Crippen molar-refractivity contribution < 1.29 is 19.0 Å². The molecule has 5 heteroatoms. The molecular weight excluding hydrogens is 282 g/mol. The van der Waals surface area contributed by atoms with Crippen molar-refractivity contribution in [2.75, 3.05) is 26.4 Å². The highest BCUT2D eigenvalue weighted by Gasteiger charge is 2.23. The Kier molecular flexibility index (Phi) is 6.68. The molecule has 0 unspecified atom stereocenters. The summed E-state index contributed by atoms with van der Waals surface area (Å²) in [5.41, 5.74) is 1.04. The molecule has 0 radical (unpaired) electrons. The molecule has 1 amide bonds. The largest absolute Gasteiger partial charge is 0.493 e. The lowest BCUT2D eigenvalue weighted by Crippen LogP contribution is -2.37. The van der Waals surface area contributed by atoms with Gasteiger partial charge in [0.25, 0.3) is 0 Å². The van der Waals surface area contributed by atoms with E-state index in [9.17, 15) is 4.79 Å². The molecule has 2 atom stereocenters. The van der Waals surface area contributed by atoms with Crippen molar-refractivity contribution in [1.29, 1.82) is 0 Å². The standard InChI is InChI=1S/C17H25NO4/c1-3-20-11-12-21-13(2)17(19)18-15-8-6-10-22-16-9-5-4-7-14(15)16/h4-5,7,9,13,15H,3,6,8,10-12H2,1-2H3,(H,18,19)/t13-,15+/m1/s1. The Hall–Kier alpha value is -1.59. The van der Waals surface area contributed by atoms with Gasteiger partial charge in [-0.2, -0.15) is 0 Å². The number of ether oxygens (including phenoxy) is 3. The summed E-state index contributed by atoms with van der Waals surface area (Å²) >= 11 is 0. The maximum atomic E-state index is 12.3. The first-order valence-corrected chi connectivity index (χ1v) is 7.93. The Morgan fingerprint density at radius 3 is 3.05 bits per heavy atom. The first-order chi connectivity index (χ1) is 10.7. The third-order valence-corrected chi connectivity index (χ3v) is 3.67. The molecule has 0 spiro atoms. The van der Waals surface area contributed by atoms with Gasteiger partial charge in [0, 0.05) is 12.2 Å². The third-order valence-electron chi connectivity index (χ3n) is 3.67. The van der Waals surface area contributed by atoms with Gasteiger partial charge >= 0.3 is 0 Å². The maximum absolute atomic E-state index is 12.3. The van der Waals surface area contributed by atoms with Crippen LogP contribution in [-0.4, -0.2) is 38.4 Å². The topological polar surface area (TPSA) is 56.8 Å². The number of para-hydroxylation sites is 1. The molecule has 1 aromatic carbocycles. The SMILES string of the molecule is CCOCCO[C@H](C)C(=O)N[C@H]1CCCOc2ccccc21. The summed E-state index contributed by atoms with van der Waals surface area (Å²) in [5.74, 6) is 0.758. The van der Waals surface area contributed by atoms with Crippen LogP contribution in [0.15, 0.2) is 24.3 Å². The van der Waals surface area contributed by atoms with Crippen molar-refractivity contribution >= 4 is 5.91 Å². The van der Waals surface area contributed by atoms with E-state index in [0.29, 0.717) is 26.4 Å². The number of nitrogens with one attached hydrogen (secondary N) is 1. The fraction of sp³-hybridized carbons (Fsp3) is 0.588. The van der Waals surface area contributed by atoms with E-state index in [0.717, 1.165) is 24.2 Å². The molecule has 1 heterocycles. The second-order valence-electron chi connectivity index (χ2n) is 5.30. The first-order valence-electron chi connectivity index (χ1n) is 7.93. The minimum Gasteiger partial charge on any atom is -0.493 e. The van der Waals surface area contributed by atoms with Crippen LogP contribution in [0.2, 0.25) is 0 Å². The van der Waals surface area contributed by atoms with Crippen LogP contribution in [-0.2, 0) is 14.3 Å². The average Bonchev–Trinajstić information content (AvgIpc) is 2.74. The number of rotatable bonds is 7. The zero-order valence-corrected chi connectivity index (χ0v) is 13.3. The number of fused-ring (bicyclic) bond motifs is 1. The molecule has 5 nitrogen and oxygen atoms in total. The third kappa shape index (κ3) is 4.71. The van der Waals surface area contributed by atoms with E-state index in [2.05, 4.69) is 5.32 Å². The highest BCUT2D eigenvalue weighted by atomic mass is 16.5. The van der Waals surface area contributed by atoms with Crippen molar-refractivity contribution in [2.24, 2.45) is 0 Å². The summed E-state index contributed by atoms with van der Waals surface area (Å²) in [5, 5.41) is 3.07. The molecule has 0 saturated heterocycles. The normalized spacial score (nSPS) is 18.7. The van der Waals surface area contributed by atoms with Gasteiger partial charge in [-0.3, -0.25) is 4.79 Å². The lowest BCUT2D eigenvalue weighted by Gasteiger charge is -2.21. The zero-order chi connectivity index (χ0) is 15.8. The van der Waals surface area contributed by atoms with Gasteiger partial charge in [-0.15, -0.1) is 0 Å². The smallest absolute Gasteiger partial charge is 0.249 e. The van der Waals surface area contributed by atoms with E-state index < -0.39 is 6.10 Å². The van der Waals surface area contributed by atoms with E-state index >= 15 is 0 Å². The second kappa shape index (κ2) is 8.76. The Morgan fingerprint density at radius 1 is 1.41 bits per heavy atom. The van der Waals surface area contributed by atoms with Gasteiger partial charge in [-0.1, -0.05) is 18.2 Å². The molecule has 1 aliphatic heterocycles. The number of benzene rings is 1. The van der Waals surface area contributed by atoms with E-state index in [4.69, 9.17) is 14.2 Å². The highest BCUT2D eigenvalue weighted by Crippen LogP contribution is 2.31. The molecular formula is C17H25NO4. The van der Waals surface area contributed by atoms with Crippen LogP contribution in [0.4, 0.5) is 0 Å². The van der Waals surface area contributed by atoms with Crippen molar-refractivity contribution in [1.82, 2.24) is 5.32 Å². The molecule has 0 saturated carbocycles. The summed E-state index contributed by atoms with van der Waals surface area (Å²) in [4.78, 5) is 12.3. The Balaban J connectivity index is 1.90. The number of carbonyl (C=O) groups is 1. The summed E-state index contributed by atoms with van der Waals surface area (Å²) in [6.07, 6.45) is 1.30. The Bertz CT molecular complexity index is 477. The number of hydrogen-bond acceptors (Lipinski definition) is 4.